The Morgan fingerprint density at radius 3 is 2.41 bits per heavy atom. The van der Waals surface area contributed by atoms with Gasteiger partial charge in [-0.05, 0) is 29.9 Å². The molecule has 178 valence electrons. The lowest BCUT2D eigenvalue weighted by molar-refractivity contribution is -0.383. The summed E-state index contributed by atoms with van der Waals surface area (Å²) >= 11 is 0.905. The molecular formula is C23H21F3N4O3S. The quantitative estimate of drug-likeness (QED) is 0.390. The zero-order valence-corrected chi connectivity index (χ0v) is 18.9. The van der Waals surface area contributed by atoms with E-state index < -0.39 is 27.9 Å². The summed E-state index contributed by atoms with van der Waals surface area (Å²) in [4.78, 5) is 31.5. The summed E-state index contributed by atoms with van der Waals surface area (Å²) in [5.41, 5.74) is -1.35. The number of halogens is 3. The van der Waals surface area contributed by atoms with Crippen LogP contribution in [0.15, 0.2) is 47.3 Å². The van der Waals surface area contributed by atoms with Crippen LogP contribution in [0.3, 0.4) is 0 Å². The topological polar surface area (TPSA) is 79.6 Å². The molecule has 1 aromatic heterocycles. The molecule has 0 radical (unpaired) electrons. The molecule has 2 aliphatic rings. The van der Waals surface area contributed by atoms with Crippen LogP contribution in [-0.2, 0) is 12.7 Å². The van der Waals surface area contributed by atoms with Gasteiger partial charge < -0.3 is 4.90 Å². The van der Waals surface area contributed by atoms with E-state index in [0.29, 0.717) is 30.4 Å². The van der Waals surface area contributed by atoms with Gasteiger partial charge in [-0.25, -0.2) is 0 Å². The molecule has 2 aliphatic heterocycles. The van der Waals surface area contributed by atoms with E-state index in [1.165, 1.54) is 5.56 Å². The molecule has 1 spiro atoms. The van der Waals surface area contributed by atoms with Gasteiger partial charge in [0.25, 0.3) is 11.2 Å². The van der Waals surface area contributed by atoms with E-state index in [-0.39, 0.29) is 15.5 Å². The van der Waals surface area contributed by atoms with E-state index in [0.717, 1.165) is 43.8 Å². The summed E-state index contributed by atoms with van der Waals surface area (Å²) in [5, 5.41) is 11.4. The highest BCUT2D eigenvalue weighted by molar-refractivity contribution is 7.22. The number of piperidine rings is 1. The van der Waals surface area contributed by atoms with Crippen molar-refractivity contribution in [2.24, 2.45) is 5.41 Å². The third kappa shape index (κ3) is 4.25. The maximum absolute atomic E-state index is 13.2. The monoisotopic (exact) mass is 490 g/mol. The average molecular weight is 491 g/mol. The maximum Gasteiger partial charge on any atom is 0.416 e. The van der Waals surface area contributed by atoms with Crippen molar-refractivity contribution in [1.82, 2.24) is 9.88 Å². The standard InChI is InChI=1S/C23H21F3N4O3S/c24-23(25,26)16-10-17-19(18(11-16)30(32)33)34-21(27-20(17)31)29-8-6-22(7-9-29)13-28(14-22)12-15-4-2-1-3-5-15/h1-5,10-11H,6-9,12-14H2. The number of aromatic nitrogens is 1. The van der Waals surface area contributed by atoms with Crippen LogP contribution in [0.2, 0.25) is 0 Å². The van der Waals surface area contributed by atoms with Crippen molar-refractivity contribution in [3.8, 4) is 0 Å². The van der Waals surface area contributed by atoms with Gasteiger partial charge in [0.15, 0.2) is 5.13 Å². The molecule has 0 bridgehead atoms. The Morgan fingerprint density at radius 1 is 1.12 bits per heavy atom. The van der Waals surface area contributed by atoms with Crippen molar-refractivity contribution >= 4 is 32.2 Å². The number of rotatable bonds is 4. The summed E-state index contributed by atoms with van der Waals surface area (Å²) in [6, 6.07) is 11.4. The Hall–Kier alpha value is -3.05. The minimum Gasteiger partial charge on any atom is -0.348 e. The van der Waals surface area contributed by atoms with Gasteiger partial charge in [-0.3, -0.25) is 19.8 Å². The number of nitrogens with zero attached hydrogens (tertiary/aromatic N) is 4. The molecule has 0 unspecified atom stereocenters. The third-order valence-corrected chi connectivity index (χ3v) is 7.84. The lowest BCUT2D eigenvalue weighted by Gasteiger charge is -2.54. The second-order valence-corrected chi connectivity index (χ2v) is 10.0. The zero-order chi connectivity index (χ0) is 24.1. The molecule has 5 rings (SSSR count). The van der Waals surface area contributed by atoms with Gasteiger partial charge in [0.05, 0.1) is 15.9 Å². The van der Waals surface area contributed by atoms with Gasteiger partial charge in [-0.2, -0.15) is 18.2 Å². The fourth-order valence-electron chi connectivity index (χ4n) is 4.92. The fraction of sp³-hybridized carbons (Fsp3) is 0.391. The van der Waals surface area contributed by atoms with Crippen LogP contribution in [0.5, 0.6) is 0 Å². The van der Waals surface area contributed by atoms with Crippen molar-refractivity contribution in [1.29, 1.82) is 0 Å². The van der Waals surface area contributed by atoms with Gasteiger partial charge in [0.1, 0.15) is 4.70 Å². The first-order valence-corrected chi connectivity index (χ1v) is 11.7. The zero-order valence-electron chi connectivity index (χ0n) is 18.0. The summed E-state index contributed by atoms with van der Waals surface area (Å²) in [5.74, 6) is 0. The van der Waals surface area contributed by atoms with Crippen LogP contribution in [0, 0.1) is 15.5 Å². The molecule has 0 aliphatic carbocycles. The highest BCUT2D eigenvalue weighted by Crippen LogP contribution is 2.43. The molecule has 34 heavy (non-hydrogen) atoms. The van der Waals surface area contributed by atoms with E-state index in [4.69, 9.17) is 0 Å². The average Bonchev–Trinajstić information content (AvgIpc) is 2.78. The molecule has 2 fully saturated rings. The van der Waals surface area contributed by atoms with Crippen LogP contribution >= 0.6 is 11.3 Å². The molecule has 0 atom stereocenters. The molecule has 3 aromatic rings. The molecule has 2 saturated heterocycles. The molecular weight excluding hydrogens is 469 g/mol. The Kier molecular flexibility index (Phi) is 5.56. The van der Waals surface area contributed by atoms with Crippen molar-refractivity contribution in [2.75, 3.05) is 31.1 Å². The van der Waals surface area contributed by atoms with Gasteiger partial charge >= 0.3 is 6.18 Å². The first-order valence-electron chi connectivity index (χ1n) is 10.9. The van der Waals surface area contributed by atoms with E-state index in [1.807, 2.05) is 23.1 Å². The van der Waals surface area contributed by atoms with Crippen LogP contribution in [0.1, 0.15) is 24.0 Å². The van der Waals surface area contributed by atoms with Crippen molar-refractivity contribution in [3.63, 3.8) is 0 Å². The van der Waals surface area contributed by atoms with E-state index in [2.05, 4.69) is 22.0 Å². The van der Waals surface area contributed by atoms with Gasteiger partial charge in [0, 0.05) is 38.8 Å². The van der Waals surface area contributed by atoms with Gasteiger partial charge in [0.2, 0.25) is 0 Å². The molecule has 0 saturated carbocycles. The number of alkyl halides is 3. The summed E-state index contributed by atoms with van der Waals surface area (Å²) in [7, 11) is 0. The normalized spacial score (nSPS) is 18.3. The van der Waals surface area contributed by atoms with Crippen LogP contribution in [0.4, 0.5) is 24.0 Å². The maximum atomic E-state index is 13.2. The largest absolute Gasteiger partial charge is 0.416 e. The van der Waals surface area contributed by atoms with E-state index >= 15 is 0 Å². The van der Waals surface area contributed by atoms with Crippen LogP contribution in [-0.4, -0.2) is 41.0 Å². The minimum atomic E-state index is -4.80. The molecule has 7 nitrogen and oxygen atoms in total. The number of benzene rings is 2. The SMILES string of the molecule is O=c1nc(N2CCC3(CC2)CN(Cc2ccccc2)C3)sc2c([N+](=O)[O-])cc(C(F)(F)F)cc12. The molecule has 11 heteroatoms. The number of nitro groups is 1. The molecule has 3 heterocycles. The predicted octanol–water partition coefficient (Wildman–Crippen LogP) is 4.69. The van der Waals surface area contributed by atoms with Crippen molar-refractivity contribution in [2.45, 2.75) is 25.6 Å². The highest BCUT2D eigenvalue weighted by atomic mass is 32.1. The smallest absolute Gasteiger partial charge is 0.348 e. The first-order chi connectivity index (χ1) is 16.1. The van der Waals surface area contributed by atoms with Gasteiger partial charge in [-0.15, -0.1) is 0 Å². The molecule has 0 N–H and O–H groups in total. The highest BCUT2D eigenvalue weighted by Gasteiger charge is 2.45. The summed E-state index contributed by atoms with van der Waals surface area (Å²) < 4.78 is 39.4. The second kappa shape index (κ2) is 8.31. The lowest BCUT2D eigenvalue weighted by Crippen LogP contribution is -2.59. The summed E-state index contributed by atoms with van der Waals surface area (Å²) in [6.07, 6.45) is -3.00. The number of nitro benzene ring substituents is 1. The van der Waals surface area contributed by atoms with Crippen LogP contribution in [0.25, 0.3) is 10.1 Å². The van der Waals surface area contributed by atoms with Crippen LogP contribution < -0.4 is 10.5 Å². The number of hydrogen-bond donors (Lipinski definition) is 0. The Balaban J connectivity index is 1.33. The predicted molar refractivity (Wildman–Crippen MR) is 123 cm³/mol. The summed E-state index contributed by atoms with van der Waals surface area (Å²) in [6.45, 7) is 4.17. The van der Waals surface area contributed by atoms with E-state index in [1.54, 1.807) is 0 Å². The number of non-ortho nitro benzene ring substituents is 1. The second-order valence-electron chi connectivity index (χ2n) is 9.05. The number of likely N-dealkylation sites (tertiary alicyclic amines) is 1. The first kappa shape index (κ1) is 22.7. The van der Waals surface area contributed by atoms with Crippen molar-refractivity contribution < 1.29 is 18.1 Å². The molecule has 0 amide bonds. The van der Waals surface area contributed by atoms with Gasteiger partial charge in [-0.1, -0.05) is 41.7 Å². The van der Waals surface area contributed by atoms with Crippen molar-refractivity contribution in [3.05, 3.63) is 74.1 Å². The third-order valence-electron chi connectivity index (χ3n) is 6.68. The molecule has 2 aromatic carbocycles. The number of hydrogen-bond acceptors (Lipinski definition) is 7. The fourth-order valence-corrected chi connectivity index (χ4v) is 6.04. The Labute approximate surface area is 196 Å². The minimum absolute atomic E-state index is 0.0778. The number of fused-ring (bicyclic) bond motifs is 1. The number of anilines is 1. The lowest BCUT2D eigenvalue weighted by atomic mass is 9.72. The van der Waals surface area contributed by atoms with E-state index in [9.17, 15) is 28.1 Å². The Morgan fingerprint density at radius 2 is 1.79 bits per heavy atom. The Bertz CT molecular complexity index is 1300.